The SMILES string of the molecule is CCOC(O)n1cnc2c(=O)[nH]c(N)nc21. The van der Waals surface area contributed by atoms with E-state index in [1.807, 2.05) is 0 Å². The number of imidazole rings is 1. The normalized spacial score (nSPS) is 13.1. The third-order valence-electron chi connectivity index (χ3n) is 2.00. The highest BCUT2D eigenvalue weighted by Crippen LogP contribution is 2.12. The van der Waals surface area contributed by atoms with Crippen LogP contribution in [0.5, 0.6) is 0 Å². The minimum atomic E-state index is -1.23. The van der Waals surface area contributed by atoms with Gasteiger partial charge in [-0.05, 0) is 6.92 Å². The lowest BCUT2D eigenvalue weighted by Crippen LogP contribution is -2.15. The van der Waals surface area contributed by atoms with Crippen LogP contribution in [-0.2, 0) is 4.74 Å². The van der Waals surface area contributed by atoms with Gasteiger partial charge in [-0.15, -0.1) is 0 Å². The topological polar surface area (TPSA) is 119 Å². The molecule has 0 fully saturated rings. The molecule has 0 spiro atoms. The van der Waals surface area contributed by atoms with Gasteiger partial charge in [0.1, 0.15) is 6.33 Å². The number of nitrogens with one attached hydrogen (secondary N) is 1. The maximum absolute atomic E-state index is 11.4. The number of nitrogens with two attached hydrogens (primary N) is 1. The Labute approximate surface area is 89.7 Å². The molecule has 86 valence electrons. The summed E-state index contributed by atoms with van der Waals surface area (Å²) in [5, 5.41) is 9.60. The lowest BCUT2D eigenvalue weighted by Gasteiger charge is -2.11. The Morgan fingerprint density at radius 3 is 3.19 bits per heavy atom. The molecule has 0 aliphatic carbocycles. The second kappa shape index (κ2) is 3.91. The predicted molar refractivity (Wildman–Crippen MR) is 55.4 cm³/mol. The fourth-order valence-electron chi connectivity index (χ4n) is 1.33. The van der Waals surface area contributed by atoms with Crippen molar-refractivity contribution in [2.45, 2.75) is 13.3 Å². The average Bonchev–Trinajstić information content (AvgIpc) is 2.61. The molecule has 2 rings (SSSR count). The molecule has 8 heteroatoms. The van der Waals surface area contributed by atoms with E-state index in [0.29, 0.717) is 6.61 Å². The molecule has 0 radical (unpaired) electrons. The van der Waals surface area contributed by atoms with E-state index in [9.17, 15) is 9.90 Å². The number of hydrogen-bond donors (Lipinski definition) is 3. The van der Waals surface area contributed by atoms with Crippen LogP contribution in [0.4, 0.5) is 5.95 Å². The molecule has 16 heavy (non-hydrogen) atoms. The first-order valence-corrected chi connectivity index (χ1v) is 4.65. The van der Waals surface area contributed by atoms with Gasteiger partial charge >= 0.3 is 0 Å². The van der Waals surface area contributed by atoms with Gasteiger partial charge in [0.2, 0.25) is 12.4 Å². The molecule has 2 aromatic rings. The summed E-state index contributed by atoms with van der Waals surface area (Å²) in [6, 6.07) is 0. The fourth-order valence-corrected chi connectivity index (χ4v) is 1.33. The van der Waals surface area contributed by atoms with Gasteiger partial charge in [0.05, 0.1) is 0 Å². The summed E-state index contributed by atoms with van der Waals surface area (Å²) in [6.07, 6.45) is 0.0378. The number of aromatic amines is 1. The van der Waals surface area contributed by atoms with Gasteiger partial charge in [-0.3, -0.25) is 14.3 Å². The Morgan fingerprint density at radius 1 is 1.75 bits per heavy atom. The molecule has 2 aromatic heterocycles. The fraction of sp³-hybridized carbons (Fsp3) is 0.375. The molecular weight excluding hydrogens is 214 g/mol. The number of nitrogen functional groups attached to an aromatic ring is 1. The van der Waals surface area contributed by atoms with Crippen molar-refractivity contribution in [3.8, 4) is 0 Å². The third-order valence-corrected chi connectivity index (χ3v) is 2.00. The monoisotopic (exact) mass is 225 g/mol. The molecule has 0 amide bonds. The zero-order chi connectivity index (χ0) is 11.7. The first-order valence-electron chi connectivity index (χ1n) is 4.65. The van der Waals surface area contributed by atoms with Gasteiger partial charge < -0.3 is 15.6 Å². The second-order valence-electron chi connectivity index (χ2n) is 3.06. The third kappa shape index (κ3) is 1.64. The molecule has 0 aliphatic rings. The van der Waals surface area contributed by atoms with Crippen LogP contribution in [0.25, 0.3) is 11.2 Å². The number of aliphatic hydroxyl groups is 1. The van der Waals surface area contributed by atoms with Crippen LogP contribution in [0.15, 0.2) is 11.1 Å². The summed E-state index contributed by atoms with van der Waals surface area (Å²) in [5.41, 5.74) is 5.23. The standard InChI is InChI=1S/C8H11N5O3/c1-2-16-8(15)13-3-10-4-5(13)11-7(9)12-6(4)14/h3,8,15H,2H2,1H3,(H3,9,11,12,14). The summed E-state index contributed by atoms with van der Waals surface area (Å²) in [6.45, 7) is 2.05. The number of fused-ring (bicyclic) bond motifs is 1. The number of aliphatic hydroxyl groups excluding tert-OH is 1. The summed E-state index contributed by atoms with van der Waals surface area (Å²) in [5.74, 6) is -0.0389. The summed E-state index contributed by atoms with van der Waals surface area (Å²) < 4.78 is 6.19. The zero-order valence-corrected chi connectivity index (χ0v) is 8.54. The Bertz CT molecular complexity index is 560. The minimum Gasteiger partial charge on any atom is -0.369 e. The zero-order valence-electron chi connectivity index (χ0n) is 8.54. The summed E-state index contributed by atoms with van der Waals surface area (Å²) >= 11 is 0. The van der Waals surface area contributed by atoms with E-state index in [4.69, 9.17) is 10.5 Å². The van der Waals surface area contributed by atoms with Crippen LogP contribution in [0, 0.1) is 0 Å². The Balaban J connectivity index is 2.60. The predicted octanol–water partition coefficient (Wildman–Crippen LogP) is -0.813. The van der Waals surface area contributed by atoms with E-state index in [-0.39, 0.29) is 17.1 Å². The van der Waals surface area contributed by atoms with Gasteiger partial charge in [-0.1, -0.05) is 0 Å². The summed E-state index contributed by atoms with van der Waals surface area (Å²) in [4.78, 5) is 21.4. The first-order chi connectivity index (χ1) is 7.63. The minimum absolute atomic E-state index is 0.0389. The van der Waals surface area contributed by atoms with E-state index in [2.05, 4.69) is 15.0 Å². The van der Waals surface area contributed by atoms with Crippen LogP contribution in [0.1, 0.15) is 13.3 Å². The van der Waals surface area contributed by atoms with Crippen LogP contribution in [0.3, 0.4) is 0 Å². The molecule has 0 saturated carbocycles. The van der Waals surface area contributed by atoms with Crippen molar-refractivity contribution in [3.05, 3.63) is 16.7 Å². The molecular formula is C8H11N5O3. The second-order valence-corrected chi connectivity index (χ2v) is 3.06. The maximum Gasteiger partial charge on any atom is 0.280 e. The van der Waals surface area contributed by atoms with E-state index in [0.717, 1.165) is 0 Å². The molecule has 4 N–H and O–H groups in total. The van der Waals surface area contributed by atoms with Crippen molar-refractivity contribution in [1.29, 1.82) is 0 Å². The average molecular weight is 225 g/mol. The van der Waals surface area contributed by atoms with Crippen LogP contribution >= 0.6 is 0 Å². The highest BCUT2D eigenvalue weighted by molar-refractivity contribution is 5.70. The Kier molecular flexibility index (Phi) is 2.59. The van der Waals surface area contributed by atoms with Gasteiger partial charge in [-0.2, -0.15) is 4.98 Å². The number of rotatable bonds is 3. The largest absolute Gasteiger partial charge is 0.369 e. The maximum atomic E-state index is 11.4. The number of anilines is 1. The first kappa shape index (κ1) is 10.6. The van der Waals surface area contributed by atoms with Gasteiger partial charge in [-0.25, -0.2) is 4.98 Å². The molecule has 1 atom stereocenters. The van der Waals surface area contributed by atoms with Crippen LogP contribution in [0.2, 0.25) is 0 Å². The number of H-pyrrole nitrogens is 1. The van der Waals surface area contributed by atoms with E-state index in [1.54, 1.807) is 6.92 Å². The van der Waals surface area contributed by atoms with Gasteiger partial charge in [0.25, 0.3) is 5.56 Å². The molecule has 0 aliphatic heterocycles. The van der Waals surface area contributed by atoms with Gasteiger partial charge in [0, 0.05) is 6.61 Å². The molecule has 1 unspecified atom stereocenters. The highest BCUT2D eigenvalue weighted by Gasteiger charge is 2.14. The molecule has 0 aromatic carbocycles. The molecule has 0 saturated heterocycles. The van der Waals surface area contributed by atoms with Crippen molar-refractivity contribution in [1.82, 2.24) is 19.5 Å². The Morgan fingerprint density at radius 2 is 2.50 bits per heavy atom. The molecule has 8 nitrogen and oxygen atoms in total. The van der Waals surface area contributed by atoms with E-state index >= 15 is 0 Å². The van der Waals surface area contributed by atoms with Crippen LogP contribution in [-0.4, -0.2) is 31.2 Å². The quantitative estimate of drug-likeness (QED) is 0.587. The number of hydrogen-bond acceptors (Lipinski definition) is 6. The number of ether oxygens (including phenoxy) is 1. The molecule has 0 bridgehead atoms. The Hall–Kier alpha value is -1.93. The lowest BCUT2D eigenvalue weighted by molar-refractivity contribution is -0.147. The van der Waals surface area contributed by atoms with Crippen molar-refractivity contribution >= 4 is 17.1 Å². The summed E-state index contributed by atoms with van der Waals surface area (Å²) in [7, 11) is 0. The molecule has 2 heterocycles. The van der Waals surface area contributed by atoms with Crippen molar-refractivity contribution in [2.24, 2.45) is 0 Å². The van der Waals surface area contributed by atoms with Crippen molar-refractivity contribution < 1.29 is 9.84 Å². The number of nitrogens with zero attached hydrogens (tertiary/aromatic N) is 3. The van der Waals surface area contributed by atoms with Gasteiger partial charge in [0.15, 0.2) is 11.2 Å². The van der Waals surface area contributed by atoms with E-state index < -0.39 is 12.0 Å². The van der Waals surface area contributed by atoms with Crippen LogP contribution < -0.4 is 11.3 Å². The smallest absolute Gasteiger partial charge is 0.280 e. The highest BCUT2D eigenvalue weighted by atomic mass is 16.6. The van der Waals surface area contributed by atoms with Crippen molar-refractivity contribution in [2.75, 3.05) is 12.3 Å². The number of aromatic nitrogens is 4. The lowest BCUT2D eigenvalue weighted by atomic mass is 10.5. The van der Waals surface area contributed by atoms with E-state index in [1.165, 1.54) is 10.9 Å². The van der Waals surface area contributed by atoms with Crippen molar-refractivity contribution in [3.63, 3.8) is 0 Å².